The van der Waals surface area contributed by atoms with Crippen LogP contribution in [0.2, 0.25) is 5.02 Å². The molecule has 3 rings (SSSR count). The second kappa shape index (κ2) is 11.0. The summed E-state index contributed by atoms with van der Waals surface area (Å²) in [5.41, 5.74) is 0.807. The van der Waals surface area contributed by atoms with Gasteiger partial charge in [0.2, 0.25) is 0 Å². The molecular formula is C22H30ClN3O3+2. The van der Waals surface area contributed by atoms with Gasteiger partial charge in [0.25, 0.3) is 5.91 Å². The largest absolute Gasteiger partial charge is 0.494 e. The van der Waals surface area contributed by atoms with E-state index in [-0.39, 0.29) is 5.91 Å². The molecule has 3 N–H and O–H groups in total. The minimum atomic E-state index is 0.0543. The van der Waals surface area contributed by atoms with Gasteiger partial charge in [-0.1, -0.05) is 11.6 Å². The molecule has 0 unspecified atom stereocenters. The Morgan fingerprint density at radius 2 is 1.52 bits per heavy atom. The van der Waals surface area contributed by atoms with Crippen molar-refractivity contribution in [3.63, 3.8) is 0 Å². The lowest BCUT2D eigenvalue weighted by atomic mass is 10.3. The Balaban J connectivity index is 1.32. The summed E-state index contributed by atoms with van der Waals surface area (Å²) >= 11 is 5.88. The Labute approximate surface area is 177 Å². The van der Waals surface area contributed by atoms with Crippen LogP contribution in [0.25, 0.3) is 0 Å². The summed E-state index contributed by atoms with van der Waals surface area (Å²) in [5, 5.41) is 3.69. The molecule has 0 aliphatic carbocycles. The molecule has 1 aliphatic rings. The van der Waals surface area contributed by atoms with Crippen molar-refractivity contribution < 1.29 is 24.1 Å². The second-order valence-electron chi connectivity index (χ2n) is 7.23. The number of ether oxygens (including phenoxy) is 2. The van der Waals surface area contributed by atoms with Crippen molar-refractivity contribution in [2.75, 3.05) is 57.8 Å². The third kappa shape index (κ3) is 7.24. The zero-order chi connectivity index (χ0) is 20.5. The van der Waals surface area contributed by atoms with E-state index in [9.17, 15) is 4.79 Å². The lowest BCUT2D eigenvalue weighted by molar-refractivity contribution is -1.01. The van der Waals surface area contributed by atoms with Crippen LogP contribution in [0.5, 0.6) is 11.5 Å². The number of nitrogens with one attached hydrogen (secondary N) is 3. The van der Waals surface area contributed by atoms with E-state index in [0.29, 0.717) is 24.8 Å². The predicted octanol–water partition coefficient (Wildman–Crippen LogP) is 0.540. The van der Waals surface area contributed by atoms with Gasteiger partial charge in [-0.15, -0.1) is 0 Å². The van der Waals surface area contributed by atoms with Crippen molar-refractivity contribution >= 4 is 23.2 Å². The van der Waals surface area contributed by atoms with Gasteiger partial charge in [-0.3, -0.25) is 4.79 Å². The summed E-state index contributed by atoms with van der Waals surface area (Å²) in [6.07, 6.45) is 0. The fourth-order valence-corrected chi connectivity index (χ4v) is 3.59. The van der Waals surface area contributed by atoms with Gasteiger partial charge in [0, 0.05) is 10.7 Å². The number of carbonyl (C=O) groups is 1. The summed E-state index contributed by atoms with van der Waals surface area (Å²) in [4.78, 5) is 15.2. The first-order valence-electron chi connectivity index (χ1n) is 10.2. The number of amides is 1. The number of halogens is 1. The van der Waals surface area contributed by atoms with Gasteiger partial charge in [-0.05, 0) is 55.5 Å². The highest BCUT2D eigenvalue weighted by Gasteiger charge is 2.24. The number of benzene rings is 2. The van der Waals surface area contributed by atoms with Crippen molar-refractivity contribution in [3.8, 4) is 11.5 Å². The SMILES string of the molecule is CCOc1ccc(NC(=O)C[NH+]2CC[NH+](CCOc3ccc(Cl)cc3)CC2)cc1. The maximum Gasteiger partial charge on any atom is 0.279 e. The Morgan fingerprint density at radius 3 is 2.17 bits per heavy atom. The van der Waals surface area contributed by atoms with Crippen molar-refractivity contribution in [2.24, 2.45) is 0 Å². The zero-order valence-electron chi connectivity index (χ0n) is 16.9. The monoisotopic (exact) mass is 419 g/mol. The lowest BCUT2D eigenvalue weighted by Gasteiger charge is -2.29. The van der Waals surface area contributed by atoms with Gasteiger partial charge in [0.05, 0.1) is 6.61 Å². The number of carbonyl (C=O) groups excluding carboxylic acids is 1. The van der Waals surface area contributed by atoms with Crippen molar-refractivity contribution in [3.05, 3.63) is 53.6 Å². The molecule has 7 heteroatoms. The fraction of sp³-hybridized carbons (Fsp3) is 0.409. The average Bonchev–Trinajstić information content (AvgIpc) is 2.72. The minimum absolute atomic E-state index is 0.0543. The Bertz CT molecular complexity index is 760. The molecule has 0 atom stereocenters. The number of hydrogen-bond donors (Lipinski definition) is 3. The summed E-state index contributed by atoms with van der Waals surface area (Å²) in [7, 11) is 0. The molecule has 2 aromatic carbocycles. The van der Waals surface area contributed by atoms with E-state index in [1.807, 2.05) is 55.5 Å². The van der Waals surface area contributed by atoms with Crippen LogP contribution < -0.4 is 24.6 Å². The van der Waals surface area contributed by atoms with Crippen molar-refractivity contribution in [2.45, 2.75) is 6.92 Å². The Morgan fingerprint density at radius 1 is 0.931 bits per heavy atom. The third-order valence-electron chi connectivity index (χ3n) is 5.06. The highest BCUT2D eigenvalue weighted by atomic mass is 35.5. The molecule has 0 radical (unpaired) electrons. The molecule has 1 heterocycles. The Hall–Kier alpha value is -2.28. The minimum Gasteiger partial charge on any atom is -0.494 e. The Kier molecular flexibility index (Phi) is 8.16. The number of piperazine rings is 1. The van der Waals surface area contributed by atoms with Gasteiger partial charge in [-0.25, -0.2) is 0 Å². The van der Waals surface area contributed by atoms with E-state index in [2.05, 4.69) is 5.32 Å². The molecule has 29 heavy (non-hydrogen) atoms. The topological polar surface area (TPSA) is 56.4 Å². The highest BCUT2D eigenvalue weighted by Crippen LogP contribution is 2.16. The molecule has 1 amide bonds. The van der Waals surface area contributed by atoms with Crippen molar-refractivity contribution in [1.29, 1.82) is 0 Å². The summed E-state index contributed by atoms with van der Waals surface area (Å²) in [5.74, 6) is 1.72. The molecule has 1 saturated heterocycles. The van der Waals surface area contributed by atoms with Crippen LogP contribution in [0.3, 0.4) is 0 Å². The molecule has 0 saturated carbocycles. The molecule has 1 aliphatic heterocycles. The summed E-state index contributed by atoms with van der Waals surface area (Å²) < 4.78 is 11.2. The molecule has 0 aromatic heterocycles. The van der Waals surface area contributed by atoms with E-state index < -0.39 is 0 Å². The fourth-order valence-electron chi connectivity index (χ4n) is 3.46. The van der Waals surface area contributed by atoms with Gasteiger partial charge in [0.15, 0.2) is 6.54 Å². The maximum atomic E-state index is 12.3. The first-order chi connectivity index (χ1) is 14.1. The first-order valence-corrected chi connectivity index (χ1v) is 10.6. The van der Waals surface area contributed by atoms with Crippen LogP contribution in [-0.4, -0.2) is 58.4 Å². The standard InChI is InChI=1S/C22H28ClN3O3/c1-2-28-20-9-5-19(6-10-20)24-22(27)17-26-13-11-25(12-14-26)15-16-29-21-7-3-18(23)4-8-21/h3-10H,2,11-17H2,1H3,(H,24,27)/p+2. The molecular weight excluding hydrogens is 390 g/mol. The number of quaternary nitrogens is 2. The summed E-state index contributed by atoms with van der Waals surface area (Å²) in [6, 6.07) is 15.0. The molecule has 0 spiro atoms. The highest BCUT2D eigenvalue weighted by molar-refractivity contribution is 6.30. The quantitative estimate of drug-likeness (QED) is 0.556. The van der Waals surface area contributed by atoms with Crippen LogP contribution in [0.15, 0.2) is 48.5 Å². The van der Waals surface area contributed by atoms with E-state index in [1.165, 1.54) is 9.80 Å². The normalized spacial score (nSPS) is 18.8. The van der Waals surface area contributed by atoms with E-state index in [1.54, 1.807) is 0 Å². The van der Waals surface area contributed by atoms with E-state index >= 15 is 0 Å². The lowest BCUT2D eigenvalue weighted by Crippen LogP contribution is -3.28. The average molecular weight is 420 g/mol. The van der Waals surface area contributed by atoms with E-state index in [4.69, 9.17) is 21.1 Å². The number of hydrogen-bond acceptors (Lipinski definition) is 3. The van der Waals surface area contributed by atoms with Gasteiger partial charge < -0.3 is 24.6 Å². The molecule has 156 valence electrons. The van der Waals surface area contributed by atoms with Crippen LogP contribution in [-0.2, 0) is 4.79 Å². The third-order valence-corrected chi connectivity index (χ3v) is 5.31. The molecule has 1 fully saturated rings. The number of anilines is 1. The molecule has 2 aromatic rings. The van der Waals surface area contributed by atoms with Crippen LogP contribution in [0, 0.1) is 0 Å². The smallest absolute Gasteiger partial charge is 0.279 e. The van der Waals surface area contributed by atoms with Crippen molar-refractivity contribution in [1.82, 2.24) is 0 Å². The maximum absolute atomic E-state index is 12.3. The van der Waals surface area contributed by atoms with Gasteiger partial charge >= 0.3 is 0 Å². The van der Waals surface area contributed by atoms with Gasteiger partial charge in [0.1, 0.15) is 50.8 Å². The first kappa shape index (κ1) is 21.4. The molecule has 6 nitrogen and oxygen atoms in total. The van der Waals surface area contributed by atoms with Crippen LogP contribution in [0.1, 0.15) is 6.92 Å². The van der Waals surface area contributed by atoms with Gasteiger partial charge in [-0.2, -0.15) is 0 Å². The second-order valence-corrected chi connectivity index (χ2v) is 7.67. The summed E-state index contributed by atoms with van der Waals surface area (Å²) in [6.45, 7) is 8.83. The zero-order valence-corrected chi connectivity index (χ0v) is 17.6. The molecule has 0 bridgehead atoms. The van der Waals surface area contributed by atoms with E-state index in [0.717, 1.165) is 49.9 Å². The van der Waals surface area contributed by atoms with Crippen LogP contribution >= 0.6 is 11.6 Å². The number of rotatable bonds is 9. The predicted molar refractivity (Wildman–Crippen MR) is 114 cm³/mol. The van der Waals surface area contributed by atoms with Crippen LogP contribution in [0.4, 0.5) is 5.69 Å².